The largest absolute Gasteiger partial charge is 0.377 e. The zero-order chi connectivity index (χ0) is 13.0. The van der Waals surface area contributed by atoms with Gasteiger partial charge in [-0.15, -0.1) is 0 Å². The van der Waals surface area contributed by atoms with Gasteiger partial charge in [0.05, 0.1) is 5.60 Å². The Morgan fingerprint density at radius 3 is 2.78 bits per heavy atom. The maximum absolute atomic E-state index is 5.80. The lowest BCUT2D eigenvalue weighted by Gasteiger charge is -2.47. The first-order valence-corrected chi connectivity index (χ1v) is 6.96. The predicted molar refractivity (Wildman–Crippen MR) is 72.6 cm³/mol. The van der Waals surface area contributed by atoms with E-state index in [-0.39, 0.29) is 5.60 Å². The number of methoxy groups -OCH3 is 1. The molecule has 0 amide bonds. The van der Waals surface area contributed by atoms with Crippen LogP contribution in [0.5, 0.6) is 0 Å². The Labute approximate surface area is 110 Å². The van der Waals surface area contributed by atoms with E-state index in [9.17, 15) is 0 Å². The van der Waals surface area contributed by atoms with E-state index in [2.05, 4.69) is 28.8 Å². The number of imidazole rings is 1. The summed E-state index contributed by atoms with van der Waals surface area (Å²) < 4.78 is 7.90. The molecule has 2 rings (SSSR count). The van der Waals surface area contributed by atoms with Crippen LogP contribution >= 0.6 is 0 Å². The molecule has 0 radical (unpaired) electrons. The molecule has 102 valence electrons. The Bertz CT molecular complexity index is 365. The molecule has 1 fully saturated rings. The lowest BCUT2D eigenvalue weighted by atomic mass is 9.73. The van der Waals surface area contributed by atoms with Crippen molar-refractivity contribution in [1.82, 2.24) is 14.9 Å². The van der Waals surface area contributed by atoms with Crippen molar-refractivity contribution in [3.05, 3.63) is 18.2 Å². The molecule has 1 N–H and O–H groups in total. The Morgan fingerprint density at radius 2 is 2.33 bits per heavy atom. The number of aryl methyl sites for hydroxylation is 2. The van der Waals surface area contributed by atoms with Crippen molar-refractivity contribution in [1.29, 1.82) is 0 Å². The smallest absolute Gasteiger partial charge is 0.108 e. The van der Waals surface area contributed by atoms with E-state index < -0.39 is 0 Å². The van der Waals surface area contributed by atoms with Crippen molar-refractivity contribution in [3.63, 3.8) is 0 Å². The molecule has 1 aromatic rings. The van der Waals surface area contributed by atoms with Gasteiger partial charge in [-0.1, -0.05) is 6.92 Å². The first kappa shape index (κ1) is 13.6. The molecule has 1 aromatic heterocycles. The predicted octanol–water partition coefficient (Wildman–Crippen LogP) is 1.90. The standard InChI is InChI=1S/C14H25N3O/c1-4-15-12(14(18-3)8-5-9-14)6-7-13-16-10-11-17(13)2/h10-12,15H,4-9H2,1-3H3. The van der Waals surface area contributed by atoms with Crippen molar-refractivity contribution in [2.24, 2.45) is 7.05 Å². The maximum atomic E-state index is 5.80. The summed E-state index contributed by atoms with van der Waals surface area (Å²) >= 11 is 0. The van der Waals surface area contributed by atoms with Crippen LogP contribution in [0.4, 0.5) is 0 Å². The lowest BCUT2D eigenvalue weighted by molar-refractivity contribution is -0.0996. The molecule has 0 saturated heterocycles. The van der Waals surface area contributed by atoms with E-state index in [4.69, 9.17) is 4.74 Å². The van der Waals surface area contributed by atoms with Crippen LogP contribution in [-0.4, -0.2) is 34.8 Å². The normalized spacial score (nSPS) is 19.5. The fourth-order valence-electron chi connectivity index (χ4n) is 2.93. The molecule has 4 nitrogen and oxygen atoms in total. The van der Waals surface area contributed by atoms with Crippen LogP contribution in [0.15, 0.2) is 12.4 Å². The minimum Gasteiger partial charge on any atom is -0.377 e. The third kappa shape index (κ3) is 2.59. The first-order chi connectivity index (χ1) is 8.72. The van der Waals surface area contributed by atoms with E-state index in [0.29, 0.717) is 6.04 Å². The molecule has 18 heavy (non-hydrogen) atoms. The van der Waals surface area contributed by atoms with Crippen LogP contribution in [0.2, 0.25) is 0 Å². The molecule has 1 aliphatic rings. The minimum absolute atomic E-state index is 0.0706. The van der Waals surface area contributed by atoms with Crippen LogP contribution in [0.1, 0.15) is 38.4 Å². The molecule has 0 spiro atoms. The van der Waals surface area contributed by atoms with Gasteiger partial charge >= 0.3 is 0 Å². The third-order valence-electron chi connectivity index (χ3n) is 4.27. The highest BCUT2D eigenvalue weighted by molar-refractivity contribution is 5.01. The van der Waals surface area contributed by atoms with Crippen molar-refractivity contribution < 1.29 is 4.74 Å². The van der Waals surface area contributed by atoms with Gasteiger partial charge in [0.15, 0.2) is 0 Å². The minimum atomic E-state index is 0.0706. The summed E-state index contributed by atoms with van der Waals surface area (Å²) in [6.07, 6.45) is 9.63. The zero-order valence-electron chi connectivity index (χ0n) is 11.8. The monoisotopic (exact) mass is 251 g/mol. The fraction of sp³-hybridized carbons (Fsp3) is 0.786. The van der Waals surface area contributed by atoms with Crippen LogP contribution in [0.25, 0.3) is 0 Å². The molecule has 1 heterocycles. The fourth-order valence-corrected chi connectivity index (χ4v) is 2.93. The number of likely N-dealkylation sites (N-methyl/N-ethyl adjacent to an activating group) is 1. The van der Waals surface area contributed by atoms with Gasteiger partial charge in [-0.3, -0.25) is 0 Å². The quantitative estimate of drug-likeness (QED) is 0.804. The van der Waals surface area contributed by atoms with Crippen molar-refractivity contribution >= 4 is 0 Å². The molecular weight excluding hydrogens is 226 g/mol. The van der Waals surface area contributed by atoms with Crippen LogP contribution in [-0.2, 0) is 18.2 Å². The average Bonchev–Trinajstić information content (AvgIpc) is 2.71. The number of ether oxygens (including phenoxy) is 1. The van der Waals surface area contributed by atoms with Crippen LogP contribution in [0, 0.1) is 0 Å². The number of nitrogens with zero attached hydrogens (tertiary/aromatic N) is 2. The second kappa shape index (κ2) is 5.85. The molecule has 0 bridgehead atoms. The number of rotatable bonds is 7. The summed E-state index contributed by atoms with van der Waals surface area (Å²) in [4.78, 5) is 4.39. The Hall–Kier alpha value is -0.870. The molecule has 0 aliphatic heterocycles. The molecule has 1 saturated carbocycles. The number of hydrogen-bond acceptors (Lipinski definition) is 3. The second-order valence-electron chi connectivity index (χ2n) is 5.23. The summed E-state index contributed by atoms with van der Waals surface area (Å²) in [5, 5.41) is 3.60. The highest BCUT2D eigenvalue weighted by atomic mass is 16.5. The topological polar surface area (TPSA) is 39.1 Å². The van der Waals surface area contributed by atoms with Gasteiger partial charge in [-0.05, 0) is 32.2 Å². The highest BCUT2D eigenvalue weighted by Gasteiger charge is 2.43. The Balaban J connectivity index is 1.96. The van der Waals surface area contributed by atoms with Gasteiger partial charge in [0, 0.05) is 39.0 Å². The van der Waals surface area contributed by atoms with E-state index >= 15 is 0 Å². The number of nitrogens with one attached hydrogen (secondary N) is 1. The molecule has 0 aromatic carbocycles. The van der Waals surface area contributed by atoms with E-state index in [0.717, 1.165) is 25.2 Å². The zero-order valence-corrected chi connectivity index (χ0v) is 11.8. The van der Waals surface area contributed by atoms with Crippen LogP contribution < -0.4 is 5.32 Å². The van der Waals surface area contributed by atoms with Gasteiger partial charge in [-0.25, -0.2) is 4.98 Å². The van der Waals surface area contributed by atoms with E-state index in [1.807, 2.05) is 19.5 Å². The van der Waals surface area contributed by atoms with Crippen molar-refractivity contribution in [2.75, 3.05) is 13.7 Å². The summed E-state index contributed by atoms with van der Waals surface area (Å²) in [6.45, 7) is 3.16. The van der Waals surface area contributed by atoms with Gasteiger partial charge < -0.3 is 14.6 Å². The summed E-state index contributed by atoms with van der Waals surface area (Å²) in [6, 6.07) is 0.443. The van der Waals surface area contributed by atoms with Gasteiger partial charge in [0.1, 0.15) is 5.82 Å². The molecule has 1 unspecified atom stereocenters. The van der Waals surface area contributed by atoms with Gasteiger partial charge in [0.25, 0.3) is 0 Å². The number of aromatic nitrogens is 2. The molecule has 1 aliphatic carbocycles. The Kier molecular flexibility index (Phi) is 4.40. The lowest BCUT2D eigenvalue weighted by Crippen LogP contribution is -2.56. The molecular formula is C14H25N3O. The van der Waals surface area contributed by atoms with E-state index in [1.165, 1.54) is 19.3 Å². The summed E-state index contributed by atoms with van der Waals surface area (Å²) in [7, 11) is 3.91. The Morgan fingerprint density at radius 1 is 1.56 bits per heavy atom. The van der Waals surface area contributed by atoms with Gasteiger partial charge in [0.2, 0.25) is 0 Å². The summed E-state index contributed by atoms with van der Waals surface area (Å²) in [5.41, 5.74) is 0.0706. The van der Waals surface area contributed by atoms with Crippen molar-refractivity contribution in [2.45, 2.75) is 50.7 Å². The first-order valence-electron chi connectivity index (χ1n) is 6.96. The maximum Gasteiger partial charge on any atom is 0.108 e. The SMILES string of the molecule is CCNC(CCc1nccn1C)C1(OC)CCC1. The van der Waals surface area contributed by atoms with Crippen molar-refractivity contribution in [3.8, 4) is 0 Å². The highest BCUT2D eigenvalue weighted by Crippen LogP contribution is 2.39. The van der Waals surface area contributed by atoms with Crippen LogP contribution in [0.3, 0.4) is 0 Å². The summed E-state index contributed by atoms with van der Waals surface area (Å²) in [5.74, 6) is 1.16. The third-order valence-corrected chi connectivity index (χ3v) is 4.27. The van der Waals surface area contributed by atoms with Gasteiger partial charge in [-0.2, -0.15) is 0 Å². The molecule has 4 heteroatoms. The van der Waals surface area contributed by atoms with E-state index in [1.54, 1.807) is 0 Å². The average molecular weight is 251 g/mol. The second-order valence-corrected chi connectivity index (χ2v) is 5.23. The number of hydrogen-bond donors (Lipinski definition) is 1. The molecule has 1 atom stereocenters.